The van der Waals surface area contributed by atoms with E-state index in [1.165, 1.54) is 0 Å². The number of phenolic OH excluding ortho intramolecular Hbond substituents is 2. The van der Waals surface area contributed by atoms with E-state index >= 15 is 0 Å². The molecule has 0 radical (unpaired) electrons. The molecule has 3 N–H and O–H groups in total. The van der Waals surface area contributed by atoms with E-state index < -0.39 is 11.6 Å². The predicted molar refractivity (Wildman–Crippen MR) is 113 cm³/mol. The molecular formula is C23H17NO4S. The van der Waals surface area contributed by atoms with Crippen LogP contribution < -0.4 is 5.32 Å². The SMILES string of the molecule is CC(=S)Nc1ccc2c(c1)C(=O)OC21c2ccc(O)cc2Cc2cc(O)ccc21. The van der Waals surface area contributed by atoms with E-state index in [1.807, 2.05) is 12.1 Å². The number of carbonyl (C=O) groups excluding carboxylic acids is 1. The largest absolute Gasteiger partial charge is 0.508 e. The lowest BCUT2D eigenvalue weighted by Crippen LogP contribution is -2.34. The zero-order chi connectivity index (χ0) is 20.3. The average Bonchev–Trinajstić information content (AvgIpc) is 2.93. The second-order valence-electron chi connectivity index (χ2n) is 7.37. The molecule has 1 aliphatic carbocycles. The zero-order valence-corrected chi connectivity index (χ0v) is 16.3. The predicted octanol–water partition coefficient (Wildman–Crippen LogP) is 4.22. The van der Waals surface area contributed by atoms with Crippen molar-refractivity contribution in [3.05, 3.63) is 88.0 Å². The van der Waals surface area contributed by atoms with Crippen molar-refractivity contribution in [2.75, 3.05) is 5.32 Å². The number of hydrogen-bond acceptors (Lipinski definition) is 5. The normalized spacial score (nSPS) is 15.3. The Balaban J connectivity index is 1.81. The summed E-state index contributed by atoms with van der Waals surface area (Å²) in [6.07, 6.45) is 0.520. The zero-order valence-electron chi connectivity index (χ0n) is 15.5. The maximum Gasteiger partial charge on any atom is 0.340 e. The number of thiocarbonyl (C=S) groups is 1. The lowest BCUT2D eigenvalue weighted by atomic mass is 9.71. The van der Waals surface area contributed by atoms with Gasteiger partial charge in [0.25, 0.3) is 0 Å². The number of hydrogen-bond donors (Lipinski definition) is 3. The maximum atomic E-state index is 12.9. The van der Waals surface area contributed by atoms with E-state index in [1.54, 1.807) is 49.4 Å². The molecule has 3 aromatic rings. The third kappa shape index (κ3) is 2.53. The van der Waals surface area contributed by atoms with Gasteiger partial charge < -0.3 is 20.3 Å². The van der Waals surface area contributed by atoms with Crippen LogP contribution in [0.25, 0.3) is 0 Å². The summed E-state index contributed by atoms with van der Waals surface area (Å²) in [6.45, 7) is 1.77. The molecule has 0 aromatic heterocycles. The van der Waals surface area contributed by atoms with Gasteiger partial charge in [-0.3, -0.25) is 0 Å². The fraction of sp³-hybridized carbons (Fsp3) is 0.130. The van der Waals surface area contributed by atoms with Crippen molar-refractivity contribution in [2.45, 2.75) is 18.9 Å². The van der Waals surface area contributed by atoms with E-state index in [9.17, 15) is 15.0 Å². The summed E-state index contributed by atoms with van der Waals surface area (Å²) < 4.78 is 6.09. The number of anilines is 1. The van der Waals surface area contributed by atoms with E-state index in [0.29, 0.717) is 17.0 Å². The summed E-state index contributed by atoms with van der Waals surface area (Å²) in [5.74, 6) is -0.142. The first kappa shape index (κ1) is 17.7. The van der Waals surface area contributed by atoms with Gasteiger partial charge in [-0.25, -0.2) is 4.79 Å². The number of phenols is 2. The topological polar surface area (TPSA) is 78.8 Å². The number of benzene rings is 3. The van der Waals surface area contributed by atoms with Gasteiger partial charge in [0, 0.05) is 22.4 Å². The van der Waals surface area contributed by atoms with Crippen molar-refractivity contribution in [1.29, 1.82) is 0 Å². The van der Waals surface area contributed by atoms with Crippen LogP contribution in [0.15, 0.2) is 54.6 Å². The molecule has 0 saturated heterocycles. The van der Waals surface area contributed by atoms with E-state index in [2.05, 4.69) is 5.32 Å². The third-order valence-electron chi connectivity index (χ3n) is 5.50. The lowest BCUT2D eigenvalue weighted by molar-refractivity contribution is 0.0240. The Morgan fingerprint density at radius 2 is 1.55 bits per heavy atom. The molecule has 29 heavy (non-hydrogen) atoms. The van der Waals surface area contributed by atoms with Crippen LogP contribution in [0.5, 0.6) is 11.5 Å². The number of aromatic hydroxyl groups is 2. The Labute approximate surface area is 172 Å². The van der Waals surface area contributed by atoms with Gasteiger partial charge in [0.1, 0.15) is 11.5 Å². The Bertz CT molecular complexity index is 1170. The van der Waals surface area contributed by atoms with Gasteiger partial charge in [0.05, 0.1) is 10.6 Å². The van der Waals surface area contributed by atoms with Gasteiger partial charge in [-0.1, -0.05) is 30.4 Å². The highest BCUT2D eigenvalue weighted by Crippen LogP contribution is 2.53. The summed E-state index contributed by atoms with van der Waals surface area (Å²) in [7, 11) is 0. The molecule has 0 saturated carbocycles. The van der Waals surface area contributed by atoms with Crippen LogP contribution in [-0.4, -0.2) is 21.2 Å². The molecular weight excluding hydrogens is 386 g/mol. The summed E-state index contributed by atoms with van der Waals surface area (Å²) in [5.41, 5.74) is 4.11. The Kier molecular flexibility index (Phi) is 3.70. The van der Waals surface area contributed by atoms with Gasteiger partial charge in [-0.15, -0.1) is 0 Å². The molecule has 5 rings (SSSR count). The molecule has 1 heterocycles. The second-order valence-corrected chi connectivity index (χ2v) is 7.98. The highest BCUT2D eigenvalue weighted by atomic mass is 32.1. The van der Waals surface area contributed by atoms with Crippen molar-refractivity contribution in [1.82, 2.24) is 0 Å². The first-order valence-corrected chi connectivity index (χ1v) is 9.59. The molecule has 0 bridgehead atoms. The van der Waals surface area contributed by atoms with Crippen LogP contribution in [0.3, 0.4) is 0 Å². The number of ether oxygens (including phenoxy) is 1. The molecule has 1 aliphatic heterocycles. The molecule has 0 amide bonds. The minimum absolute atomic E-state index is 0.142. The summed E-state index contributed by atoms with van der Waals surface area (Å²) in [5, 5.41) is 23.1. The molecule has 3 aromatic carbocycles. The quantitative estimate of drug-likeness (QED) is 0.417. The molecule has 6 heteroatoms. The van der Waals surface area contributed by atoms with Gasteiger partial charge in [0.15, 0.2) is 5.60 Å². The fourth-order valence-corrected chi connectivity index (χ4v) is 4.56. The minimum atomic E-state index is -1.12. The molecule has 144 valence electrons. The Hall–Kier alpha value is -3.38. The van der Waals surface area contributed by atoms with Crippen LogP contribution in [0.1, 0.15) is 45.1 Å². The van der Waals surface area contributed by atoms with E-state index in [4.69, 9.17) is 17.0 Å². The monoisotopic (exact) mass is 403 g/mol. The van der Waals surface area contributed by atoms with E-state index in [0.717, 1.165) is 33.5 Å². The third-order valence-corrected chi connectivity index (χ3v) is 5.60. The first-order chi connectivity index (χ1) is 13.9. The summed E-state index contributed by atoms with van der Waals surface area (Å²) in [4.78, 5) is 13.6. The Morgan fingerprint density at radius 1 is 0.966 bits per heavy atom. The molecule has 5 nitrogen and oxygen atoms in total. The van der Waals surface area contributed by atoms with Crippen molar-refractivity contribution in [3.8, 4) is 11.5 Å². The number of esters is 1. The van der Waals surface area contributed by atoms with E-state index in [-0.39, 0.29) is 11.5 Å². The van der Waals surface area contributed by atoms with Crippen molar-refractivity contribution >= 4 is 28.9 Å². The fourth-order valence-electron chi connectivity index (χ4n) is 4.44. The molecule has 0 atom stereocenters. The van der Waals surface area contributed by atoms with Gasteiger partial charge in [0.2, 0.25) is 0 Å². The second kappa shape index (κ2) is 6.06. The Morgan fingerprint density at radius 3 is 2.14 bits per heavy atom. The molecule has 1 spiro atoms. The molecule has 2 aliphatic rings. The van der Waals surface area contributed by atoms with Crippen molar-refractivity contribution in [3.63, 3.8) is 0 Å². The summed E-state index contributed by atoms with van der Waals surface area (Å²) >= 11 is 5.11. The lowest BCUT2D eigenvalue weighted by Gasteiger charge is -2.37. The smallest absolute Gasteiger partial charge is 0.340 e. The summed E-state index contributed by atoms with van der Waals surface area (Å²) in [6, 6.07) is 15.7. The van der Waals surface area contributed by atoms with Crippen LogP contribution in [0.4, 0.5) is 5.69 Å². The molecule has 0 unspecified atom stereocenters. The van der Waals surface area contributed by atoms with Crippen molar-refractivity contribution in [2.24, 2.45) is 0 Å². The minimum Gasteiger partial charge on any atom is -0.508 e. The number of carbonyl (C=O) groups is 1. The number of rotatable bonds is 1. The van der Waals surface area contributed by atoms with Crippen LogP contribution in [0, 0.1) is 0 Å². The standard InChI is InChI=1S/C23H17NO4S/c1-12(29)24-15-2-5-21-18(11-15)22(27)28-23(21)19-6-3-16(25)9-13(19)8-14-10-17(26)4-7-20(14)23/h2-7,9-11,25-26H,8H2,1H3,(H,24,29). The average molecular weight is 403 g/mol. The van der Waals surface area contributed by atoms with Gasteiger partial charge >= 0.3 is 5.97 Å². The van der Waals surface area contributed by atoms with Crippen LogP contribution in [0.2, 0.25) is 0 Å². The van der Waals surface area contributed by atoms with Gasteiger partial charge in [-0.2, -0.15) is 0 Å². The molecule has 0 fully saturated rings. The number of nitrogens with one attached hydrogen (secondary N) is 1. The maximum absolute atomic E-state index is 12.9. The van der Waals surface area contributed by atoms with Crippen LogP contribution >= 0.6 is 12.2 Å². The number of fused-ring (bicyclic) bond motifs is 6. The highest BCUT2D eigenvalue weighted by molar-refractivity contribution is 7.80. The van der Waals surface area contributed by atoms with Crippen molar-refractivity contribution < 1.29 is 19.7 Å². The van der Waals surface area contributed by atoms with Gasteiger partial charge in [-0.05, 0) is 60.9 Å². The highest BCUT2D eigenvalue weighted by Gasteiger charge is 2.52. The van der Waals surface area contributed by atoms with Crippen LogP contribution in [-0.2, 0) is 16.8 Å². The first-order valence-electron chi connectivity index (χ1n) is 9.18.